The van der Waals surface area contributed by atoms with E-state index in [-0.39, 0.29) is 18.9 Å². The van der Waals surface area contributed by atoms with Gasteiger partial charge in [0.25, 0.3) is 0 Å². The van der Waals surface area contributed by atoms with Crippen LogP contribution in [0.15, 0.2) is 42.5 Å². The first kappa shape index (κ1) is 9.56. The first-order valence-electron chi connectivity index (χ1n) is 3.05. The van der Waals surface area contributed by atoms with E-state index in [0.29, 0.717) is 0 Å². The molecule has 10 heavy (non-hydrogen) atoms. The fraction of sp³-hybridized carbons (Fsp3) is 0.111. The van der Waals surface area contributed by atoms with Gasteiger partial charge in [0.2, 0.25) is 0 Å². The van der Waals surface area contributed by atoms with Crippen LogP contribution in [-0.4, -0.2) is 0 Å². The molecular formula is C9H9Li. The molecule has 0 saturated carbocycles. The Morgan fingerprint density at radius 3 is 2.50 bits per heavy atom. The monoisotopic (exact) mass is 124 g/mol. The smallest absolute Gasteiger partial charge is 0.271 e. The minimum absolute atomic E-state index is 0. The molecule has 0 unspecified atom stereocenters. The van der Waals surface area contributed by atoms with Crippen LogP contribution in [0.1, 0.15) is 6.42 Å². The Kier molecular flexibility index (Phi) is 6.38. The largest absolute Gasteiger partial charge is 1.00 e. The molecule has 0 saturated heterocycles. The second kappa shape index (κ2) is 6.67. The summed E-state index contributed by atoms with van der Waals surface area (Å²) in [6.07, 6.45) is 18.0. The summed E-state index contributed by atoms with van der Waals surface area (Å²) in [4.78, 5) is 0. The molecule has 0 bridgehead atoms. The second-order valence-electron chi connectivity index (χ2n) is 1.77. The first-order valence-corrected chi connectivity index (χ1v) is 3.05. The number of hydrogen-bond acceptors (Lipinski definition) is 0. The van der Waals surface area contributed by atoms with Crippen LogP contribution in [0.3, 0.4) is 0 Å². The molecule has 0 aromatic rings. The molecule has 0 nitrogen and oxygen atoms in total. The van der Waals surface area contributed by atoms with Gasteiger partial charge in [0, 0.05) is 0 Å². The number of allylic oxidation sites excluding steroid dienone is 8. The minimum Gasteiger partial charge on any atom is -0.271 e. The number of hydrogen-bond donors (Lipinski definition) is 0. The van der Waals surface area contributed by atoms with E-state index in [4.69, 9.17) is 0 Å². The Labute approximate surface area is 74.2 Å². The summed E-state index contributed by atoms with van der Waals surface area (Å²) in [5.74, 6) is 0. The van der Waals surface area contributed by atoms with Crippen molar-refractivity contribution in [1.29, 1.82) is 0 Å². The Hall–Kier alpha value is -0.443. The maximum Gasteiger partial charge on any atom is 1.00 e. The summed E-state index contributed by atoms with van der Waals surface area (Å²) in [5, 5.41) is 0. The van der Waals surface area contributed by atoms with Gasteiger partial charge >= 0.3 is 18.9 Å². The molecule has 0 heterocycles. The van der Waals surface area contributed by atoms with Crippen LogP contribution in [0.5, 0.6) is 0 Å². The standard InChI is InChI=1S/C9H9.Li/c1-2-4-6-8-9-7-5-3-1;/h1-7H,8H2;/q-1;+1/b2-1-,5-3-,6-4-;. The van der Waals surface area contributed by atoms with E-state index < -0.39 is 0 Å². The van der Waals surface area contributed by atoms with Crippen molar-refractivity contribution >= 4 is 0 Å². The molecule has 46 valence electrons. The Bertz CT molecular complexity index is 153. The zero-order valence-corrected chi connectivity index (χ0v) is 6.25. The van der Waals surface area contributed by atoms with E-state index in [2.05, 4.69) is 12.2 Å². The van der Waals surface area contributed by atoms with Crippen LogP contribution < -0.4 is 18.9 Å². The van der Waals surface area contributed by atoms with E-state index in [9.17, 15) is 0 Å². The van der Waals surface area contributed by atoms with Gasteiger partial charge in [-0.25, -0.2) is 12.2 Å². The zero-order chi connectivity index (χ0) is 6.36. The van der Waals surface area contributed by atoms with Gasteiger partial charge < -0.3 is 0 Å². The van der Waals surface area contributed by atoms with Crippen molar-refractivity contribution in [2.24, 2.45) is 0 Å². The van der Waals surface area contributed by atoms with Crippen LogP contribution in [0.25, 0.3) is 0 Å². The van der Waals surface area contributed by atoms with Crippen LogP contribution in [0.4, 0.5) is 0 Å². The summed E-state index contributed by atoms with van der Waals surface area (Å²) in [5.41, 5.74) is 0. The van der Waals surface area contributed by atoms with Crippen molar-refractivity contribution in [3.8, 4) is 0 Å². The van der Waals surface area contributed by atoms with Gasteiger partial charge in [0.1, 0.15) is 0 Å². The maximum absolute atomic E-state index is 3.09. The molecule has 1 aliphatic carbocycles. The Morgan fingerprint density at radius 1 is 0.900 bits per heavy atom. The molecule has 0 atom stereocenters. The quantitative estimate of drug-likeness (QED) is 0.299. The van der Waals surface area contributed by atoms with Crippen molar-refractivity contribution in [2.75, 3.05) is 0 Å². The first-order chi connectivity index (χ1) is 4.50. The Morgan fingerprint density at radius 2 is 1.60 bits per heavy atom. The van der Waals surface area contributed by atoms with E-state index in [1.54, 1.807) is 0 Å². The minimum atomic E-state index is 0. The Balaban J connectivity index is 0.000000810. The second-order valence-corrected chi connectivity index (χ2v) is 1.77. The fourth-order valence-electron chi connectivity index (χ4n) is 0.599. The van der Waals surface area contributed by atoms with Crippen LogP contribution in [0, 0.1) is 6.08 Å². The summed E-state index contributed by atoms with van der Waals surface area (Å²) in [6.45, 7) is 0. The van der Waals surface area contributed by atoms with Gasteiger partial charge in [-0.2, -0.15) is 0 Å². The molecule has 1 aliphatic rings. The normalized spacial score (nSPS) is 24.8. The summed E-state index contributed by atoms with van der Waals surface area (Å²) < 4.78 is 0. The summed E-state index contributed by atoms with van der Waals surface area (Å²) in [7, 11) is 0. The molecule has 1 rings (SSSR count). The van der Waals surface area contributed by atoms with E-state index in [1.807, 2.05) is 36.5 Å². The third-order valence-electron chi connectivity index (χ3n) is 1.03. The van der Waals surface area contributed by atoms with Gasteiger partial charge in [0.05, 0.1) is 0 Å². The average molecular weight is 124 g/mol. The van der Waals surface area contributed by atoms with E-state index in [1.165, 1.54) is 0 Å². The van der Waals surface area contributed by atoms with Crippen molar-refractivity contribution in [2.45, 2.75) is 6.42 Å². The third kappa shape index (κ3) is 4.44. The molecule has 0 aliphatic heterocycles. The molecule has 0 fully saturated rings. The van der Waals surface area contributed by atoms with Crippen LogP contribution >= 0.6 is 0 Å². The third-order valence-corrected chi connectivity index (χ3v) is 1.03. The molecule has 0 amide bonds. The van der Waals surface area contributed by atoms with Crippen molar-refractivity contribution in [3.05, 3.63) is 48.6 Å². The maximum atomic E-state index is 3.09. The zero-order valence-electron chi connectivity index (χ0n) is 6.25. The molecule has 0 radical (unpaired) electrons. The summed E-state index contributed by atoms with van der Waals surface area (Å²) in [6, 6.07) is 0. The van der Waals surface area contributed by atoms with Gasteiger partial charge in [-0.1, -0.05) is 30.7 Å². The predicted molar refractivity (Wildman–Crippen MR) is 39.9 cm³/mol. The molecular weight excluding hydrogens is 115 g/mol. The van der Waals surface area contributed by atoms with Gasteiger partial charge in [-0.15, -0.1) is 6.08 Å². The van der Waals surface area contributed by atoms with Gasteiger partial charge in [-0.05, 0) is 0 Å². The fourth-order valence-corrected chi connectivity index (χ4v) is 0.599. The van der Waals surface area contributed by atoms with Gasteiger partial charge in [-0.3, -0.25) is 6.08 Å². The van der Waals surface area contributed by atoms with Gasteiger partial charge in [0.15, 0.2) is 0 Å². The summed E-state index contributed by atoms with van der Waals surface area (Å²) >= 11 is 0. The predicted octanol–water partition coefficient (Wildman–Crippen LogP) is -0.578. The molecule has 0 N–H and O–H groups in total. The van der Waals surface area contributed by atoms with Crippen molar-refractivity contribution < 1.29 is 18.9 Å². The molecule has 0 aromatic heterocycles. The van der Waals surface area contributed by atoms with Crippen LogP contribution in [0.2, 0.25) is 0 Å². The average Bonchev–Trinajstić information content (AvgIpc) is 2.00. The van der Waals surface area contributed by atoms with Crippen molar-refractivity contribution in [3.63, 3.8) is 0 Å². The van der Waals surface area contributed by atoms with Crippen LogP contribution in [-0.2, 0) is 0 Å². The molecule has 0 aromatic carbocycles. The molecule has 0 spiro atoms. The van der Waals surface area contributed by atoms with E-state index >= 15 is 0 Å². The topological polar surface area (TPSA) is 0 Å². The SMILES string of the molecule is [C-]1=C\C=C/C=C\C=C/C1.[Li+]. The molecule has 1 heteroatoms. The van der Waals surface area contributed by atoms with Crippen molar-refractivity contribution in [1.82, 2.24) is 0 Å². The number of rotatable bonds is 0. The van der Waals surface area contributed by atoms with E-state index in [0.717, 1.165) is 6.42 Å².